The first-order valence-electron chi connectivity index (χ1n) is 12.3. The Morgan fingerprint density at radius 2 is 1.90 bits per heavy atom. The van der Waals surface area contributed by atoms with E-state index >= 15 is 0 Å². The molecular formula is C25H24F3N5O5S. The second-order valence-electron chi connectivity index (χ2n) is 10.3. The fourth-order valence-electron chi connectivity index (χ4n) is 5.64. The standard InChI is InChI=1S/C25H24F3N5O5S/c26-25(27,28)38-17-4-1-14(2-5-17)11-33-19-7-16(3-6-20(19)39(35,36)12-18(29)22(33)34)21-31-32-23(37-21)24-8-15(9-24)10-30-13-24/h1-7,15,18,30H,8-13,29H2/t15?,18-,24?/m0/s1. The Morgan fingerprint density at radius 1 is 1.15 bits per heavy atom. The van der Waals surface area contributed by atoms with E-state index in [9.17, 15) is 26.4 Å². The summed E-state index contributed by atoms with van der Waals surface area (Å²) < 4.78 is 73.7. The third kappa shape index (κ3) is 4.76. The monoisotopic (exact) mass is 563 g/mol. The van der Waals surface area contributed by atoms with Gasteiger partial charge in [0.15, 0.2) is 9.84 Å². The largest absolute Gasteiger partial charge is 0.573 e. The summed E-state index contributed by atoms with van der Waals surface area (Å²) in [5.41, 5.74) is 6.68. The lowest BCUT2D eigenvalue weighted by Crippen LogP contribution is -2.57. The van der Waals surface area contributed by atoms with Crippen LogP contribution in [-0.4, -0.2) is 55.8 Å². The summed E-state index contributed by atoms with van der Waals surface area (Å²) in [6.45, 7) is 1.56. The number of amides is 1. The van der Waals surface area contributed by atoms with E-state index in [1.54, 1.807) is 0 Å². The Kier molecular flexibility index (Phi) is 5.97. The SMILES string of the molecule is N[C@H]1CS(=O)(=O)c2ccc(-c3nnc(C45CNCC(C4)C5)o3)cc2N(Cc2ccc(OC(F)(F)F)cc2)C1=O. The molecule has 1 aromatic heterocycles. The van der Waals surface area contributed by atoms with Crippen molar-refractivity contribution in [3.63, 3.8) is 0 Å². The van der Waals surface area contributed by atoms with Gasteiger partial charge in [-0.3, -0.25) is 4.79 Å². The molecule has 1 amide bonds. The minimum absolute atomic E-state index is 0.0713. The van der Waals surface area contributed by atoms with Gasteiger partial charge in [0, 0.05) is 12.1 Å². The summed E-state index contributed by atoms with van der Waals surface area (Å²) in [6.07, 6.45) is -2.94. The van der Waals surface area contributed by atoms with E-state index in [0.717, 1.165) is 38.1 Å². The number of ether oxygens (including phenoxy) is 1. The number of anilines is 1. The molecule has 206 valence electrons. The minimum atomic E-state index is -4.85. The van der Waals surface area contributed by atoms with E-state index in [4.69, 9.17) is 10.2 Å². The van der Waals surface area contributed by atoms with Gasteiger partial charge < -0.3 is 25.1 Å². The zero-order valence-corrected chi connectivity index (χ0v) is 21.3. The van der Waals surface area contributed by atoms with Crippen molar-refractivity contribution in [3.05, 3.63) is 53.9 Å². The normalized spacial score (nSPS) is 25.9. The van der Waals surface area contributed by atoms with Gasteiger partial charge in [-0.1, -0.05) is 12.1 Å². The maximum Gasteiger partial charge on any atom is 0.573 e. The van der Waals surface area contributed by atoms with E-state index in [0.29, 0.717) is 22.9 Å². The van der Waals surface area contributed by atoms with Crippen LogP contribution < -0.4 is 20.7 Å². The van der Waals surface area contributed by atoms with Crippen molar-refractivity contribution in [3.8, 4) is 17.2 Å². The van der Waals surface area contributed by atoms with E-state index < -0.39 is 39.7 Å². The van der Waals surface area contributed by atoms with Crippen LogP contribution in [0.25, 0.3) is 11.5 Å². The molecule has 14 heteroatoms. The number of fused-ring (bicyclic) bond motifs is 3. The summed E-state index contributed by atoms with van der Waals surface area (Å²) in [4.78, 5) is 14.4. The van der Waals surface area contributed by atoms with Crippen LogP contribution in [0.5, 0.6) is 5.75 Å². The van der Waals surface area contributed by atoms with Crippen LogP contribution in [-0.2, 0) is 26.6 Å². The first-order valence-corrected chi connectivity index (χ1v) is 13.9. The van der Waals surface area contributed by atoms with Crippen LogP contribution >= 0.6 is 0 Å². The van der Waals surface area contributed by atoms with Crippen molar-refractivity contribution in [2.24, 2.45) is 11.7 Å². The van der Waals surface area contributed by atoms with Crippen LogP contribution in [0.15, 0.2) is 51.8 Å². The highest BCUT2D eigenvalue weighted by molar-refractivity contribution is 7.91. The van der Waals surface area contributed by atoms with Crippen LogP contribution in [0.4, 0.5) is 18.9 Å². The minimum Gasteiger partial charge on any atom is -0.420 e. The molecular weight excluding hydrogens is 539 g/mol. The smallest absolute Gasteiger partial charge is 0.420 e. The summed E-state index contributed by atoms with van der Waals surface area (Å²) >= 11 is 0. The van der Waals surface area contributed by atoms with Gasteiger partial charge in [0.25, 0.3) is 0 Å². The number of carbonyl (C=O) groups excluding carboxylic acids is 1. The average molecular weight is 564 g/mol. The molecule has 1 atom stereocenters. The number of carbonyl (C=O) groups is 1. The van der Waals surface area contributed by atoms with Gasteiger partial charge in [-0.25, -0.2) is 8.42 Å². The predicted octanol–water partition coefficient (Wildman–Crippen LogP) is 2.53. The lowest BCUT2D eigenvalue weighted by molar-refractivity contribution is -0.274. The zero-order chi connectivity index (χ0) is 27.6. The van der Waals surface area contributed by atoms with Gasteiger partial charge >= 0.3 is 6.36 Å². The predicted molar refractivity (Wildman–Crippen MR) is 131 cm³/mol. The lowest BCUT2D eigenvalue weighted by Gasteiger charge is -2.50. The molecule has 3 N–H and O–H groups in total. The molecule has 2 saturated heterocycles. The van der Waals surface area contributed by atoms with Gasteiger partial charge in [-0.05, 0) is 61.2 Å². The summed E-state index contributed by atoms with van der Waals surface area (Å²) in [7, 11) is -3.93. The molecule has 2 aromatic carbocycles. The summed E-state index contributed by atoms with van der Waals surface area (Å²) in [5.74, 6) is -0.390. The second kappa shape index (κ2) is 9.03. The maximum absolute atomic E-state index is 13.3. The number of hydrogen-bond donors (Lipinski definition) is 2. The van der Waals surface area contributed by atoms with E-state index in [1.165, 1.54) is 35.2 Å². The number of aromatic nitrogens is 2. The van der Waals surface area contributed by atoms with Crippen molar-refractivity contribution in [1.82, 2.24) is 15.5 Å². The number of piperidine rings is 2. The van der Waals surface area contributed by atoms with E-state index in [-0.39, 0.29) is 28.4 Å². The van der Waals surface area contributed by atoms with Gasteiger partial charge in [-0.15, -0.1) is 23.4 Å². The molecule has 7 rings (SSSR count). The van der Waals surface area contributed by atoms with Crippen molar-refractivity contribution >= 4 is 21.4 Å². The first kappa shape index (κ1) is 25.8. The Bertz CT molecular complexity index is 1530. The zero-order valence-electron chi connectivity index (χ0n) is 20.4. The number of nitrogens with two attached hydrogens (primary N) is 1. The molecule has 0 spiro atoms. The Balaban J connectivity index is 1.35. The summed E-state index contributed by atoms with van der Waals surface area (Å²) in [5, 5.41) is 11.8. The highest BCUT2D eigenvalue weighted by Crippen LogP contribution is 2.49. The molecule has 10 nitrogen and oxygen atoms in total. The Labute approximate surface area is 221 Å². The van der Waals surface area contributed by atoms with Crippen LogP contribution in [0.1, 0.15) is 24.3 Å². The van der Waals surface area contributed by atoms with E-state index in [2.05, 4.69) is 20.3 Å². The summed E-state index contributed by atoms with van der Waals surface area (Å²) in [6, 6.07) is 8.01. The van der Waals surface area contributed by atoms with Crippen LogP contribution in [0.2, 0.25) is 0 Å². The molecule has 1 saturated carbocycles. The van der Waals surface area contributed by atoms with Crippen molar-refractivity contribution in [2.75, 3.05) is 23.7 Å². The molecule has 1 aliphatic carbocycles. The third-order valence-electron chi connectivity index (χ3n) is 7.45. The van der Waals surface area contributed by atoms with Crippen LogP contribution in [0.3, 0.4) is 0 Å². The van der Waals surface area contributed by atoms with Crippen molar-refractivity contribution in [1.29, 1.82) is 0 Å². The number of hydrogen-bond acceptors (Lipinski definition) is 9. The number of sulfone groups is 1. The first-order chi connectivity index (χ1) is 18.4. The van der Waals surface area contributed by atoms with Gasteiger partial charge in [0.1, 0.15) is 5.75 Å². The van der Waals surface area contributed by atoms with Crippen LogP contribution in [0, 0.1) is 5.92 Å². The molecule has 0 radical (unpaired) electrons. The third-order valence-corrected chi connectivity index (χ3v) is 9.26. The number of benzene rings is 2. The molecule has 0 unspecified atom stereocenters. The average Bonchev–Trinajstić information content (AvgIpc) is 3.35. The lowest BCUT2D eigenvalue weighted by atomic mass is 9.59. The Hall–Kier alpha value is -3.49. The van der Waals surface area contributed by atoms with Gasteiger partial charge in [0.2, 0.25) is 17.7 Å². The molecule has 2 bridgehead atoms. The topological polar surface area (TPSA) is 141 Å². The number of rotatable bonds is 5. The van der Waals surface area contributed by atoms with Gasteiger partial charge in [0.05, 0.1) is 34.3 Å². The molecule has 39 heavy (non-hydrogen) atoms. The van der Waals surface area contributed by atoms with Gasteiger partial charge in [-0.2, -0.15) is 0 Å². The molecule has 3 aromatic rings. The highest BCUT2D eigenvalue weighted by Gasteiger charge is 2.52. The quantitative estimate of drug-likeness (QED) is 0.479. The molecule has 3 aliphatic heterocycles. The maximum atomic E-state index is 13.3. The Morgan fingerprint density at radius 3 is 2.56 bits per heavy atom. The van der Waals surface area contributed by atoms with Crippen molar-refractivity contribution < 1.29 is 35.5 Å². The number of alkyl halides is 3. The molecule has 3 fully saturated rings. The van der Waals surface area contributed by atoms with E-state index in [1.807, 2.05) is 0 Å². The number of nitrogens with zero attached hydrogens (tertiary/aromatic N) is 3. The fourth-order valence-corrected chi connectivity index (χ4v) is 7.19. The fraction of sp³-hybridized carbons (Fsp3) is 0.400. The second-order valence-corrected chi connectivity index (χ2v) is 12.3. The van der Waals surface area contributed by atoms with Crippen molar-refractivity contribution in [2.45, 2.75) is 42.1 Å². The molecule has 4 aliphatic rings. The molecule has 4 heterocycles. The number of halogens is 3. The number of nitrogens with one attached hydrogen (secondary N) is 1. The highest BCUT2D eigenvalue weighted by atomic mass is 32.2.